The van der Waals surface area contributed by atoms with E-state index in [2.05, 4.69) is 20.6 Å². The summed E-state index contributed by atoms with van der Waals surface area (Å²) in [7, 11) is 1.32. The average Bonchev–Trinajstić information content (AvgIpc) is 3.38. The third kappa shape index (κ3) is 8.79. The van der Waals surface area contributed by atoms with Crippen LogP contribution in [0.15, 0.2) is 65.6 Å². The molecule has 15 heteroatoms. The predicted molar refractivity (Wildman–Crippen MR) is 157 cm³/mol. The van der Waals surface area contributed by atoms with E-state index in [-0.39, 0.29) is 66.5 Å². The van der Waals surface area contributed by atoms with E-state index in [9.17, 15) is 32.3 Å². The quantitative estimate of drug-likeness (QED) is 0.156. The highest BCUT2D eigenvalue weighted by atomic mass is 19.1. The van der Waals surface area contributed by atoms with Crippen LogP contribution >= 0.6 is 0 Å². The van der Waals surface area contributed by atoms with Gasteiger partial charge in [-0.3, -0.25) is 19.2 Å². The molecule has 0 bridgehead atoms. The fourth-order valence-electron chi connectivity index (χ4n) is 4.32. The molecular weight excluding hydrogens is 597 g/mol. The summed E-state index contributed by atoms with van der Waals surface area (Å²) in [5.74, 6) is -3.89. The highest BCUT2D eigenvalue weighted by Gasteiger charge is 2.22. The number of carbonyl (C=O) groups is 3. The van der Waals surface area contributed by atoms with Gasteiger partial charge >= 0.3 is 0 Å². The molecule has 5 N–H and O–H groups in total. The van der Waals surface area contributed by atoms with Crippen molar-refractivity contribution in [2.75, 3.05) is 19.0 Å². The summed E-state index contributed by atoms with van der Waals surface area (Å²) in [5, 5.41) is 5.04. The molecule has 2 heterocycles. The lowest BCUT2D eigenvalue weighted by Gasteiger charge is -2.18. The number of anilines is 1. The second-order valence-electron chi connectivity index (χ2n) is 9.79. The van der Waals surface area contributed by atoms with Crippen molar-refractivity contribution >= 4 is 34.4 Å². The molecule has 0 aliphatic carbocycles. The van der Waals surface area contributed by atoms with Gasteiger partial charge in [0.1, 0.15) is 53.7 Å². The number of aromatic amines is 1. The van der Waals surface area contributed by atoms with Gasteiger partial charge < -0.3 is 35.4 Å². The number of pyridine rings is 1. The van der Waals surface area contributed by atoms with Crippen molar-refractivity contribution in [3.8, 4) is 5.75 Å². The van der Waals surface area contributed by atoms with Crippen LogP contribution in [0, 0.1) is 17.5 Å². The van der Waals surface area contributed by atoms with E-state index in [1.54, 1.807) is 0 Å². The van der Waals surface area contributed by atoms with E-state index < -0.39 is 46.8 Å². The molecule has 0 fully saturated rings. The molecule has 2 aromatic carbocycles. The number of rotatable bonds is 14. The van der Waals surface area contributed by atoms with Crippen LogP contribution < -0.4 is 26.7 Å². The van der Waals surface area contributed by atoms with Crippen molar-refractivity contribution < 1.29 is 37.0 Å². The minimum Gasteiger partial charge on any atom is -0.486 e. The Morgan fingerprint density at radius 3 is 2.67 bits per heavy atom. The predicted octanol–water partition coefficient (Wildman–Crippen LogP) is 2.66. The van der Waals surface area contributed by atoms with Crippen LogP contribution in [0.1, 0.15) is 24.2 Å². The molecule has 0 aliphatic rings. The molecule has 12 nitrogen and oxygen atoms in total. The zero-order valence-electron chi connectivity index (χ0n) is 23.9. The number of aromatic nitrogens is 3. The molecule has 45 heavy (non-hydrogen) atoms. The number of allylic oxidation sites excluding steroid dienone is 1. The molecule has 0 saturated heterocycles. The van der Waals surface area contributed by atoms with Crippen LogP contribution in [0.4, 0.5) is 18.9 Å². The number of carbonyl (C=O) groups excluding carboxylic acids is 3. The zero-order valence-corrected chi connectivity index (χ0v) is 23.9. The van der Waals surface area contributed by atoms with Crippen LogP contribution in [0.3, 0.4) is 0 Å². The number of nitrogens with two attached hydrogens (primary N) is 1. The van der Waals surface area contributed by atoms with E-state index in [0.717, 1.165) is 18.2 Å². The smallest absolute Gasteiger partial charge is 0.274 e. The van der Waals surface area contributed by atoms with E-state index >= 15 is 0 Å². The molecule has 4 rings (SSSR count). The standard InChI is InChI=1S/C30H29F3N6O6/c1-44-16-27(41)36-21(5-2-3-7-25(34)40)29(42)37-22-6-4-10-39(30(22)43)14-26-35-23-12-19(32)13-24(28(23)38-26)45-15-17-8-9-18(31)11-20(17)33/h3-4,6-13,21H,2,5,14-16H2,1H3,(H2,34,40)(H,35,38)(H,36,41)(H,37,42)/b7-3+. The van der Waals surface area contributed by atoms with E-state index in [4.69, 9.17) is 15.2 Å². The molecule has 3 amide bonds. The Labute approximate surface area is 254 Å². The minimum absolute atomic E-state index is 0.00294. The van der Waals surface area contributed by atoms with Gasteiger partial charge in [-0.1, -0.05) is 6.08 Å². The first-order valence-corrected chi connectivity index (χ1v) is 13.5. The molecule has 0 spiro atoms. The van der Waals surface area contributed by atoms with Crippen LogP contribution in [-0.4, -0.2) is 52.0 Å². The van der Waals surface area contributed by atoms with Crippen molar-refractivity contribution in [3.05, 3.63) is 100 Å². The van der Waals surface area contributed by atoms with Gasteiger partial charge in [-0.15, -0.1) is 0 Å². The summed E-state index contributed by atoms with van der Waals surface area (Å²) >= 11 is 0. The van der Waals surface area contributed by atoms with E-state index in [1.807, 2.05) is 0 Å². The average molecular weight is 627 g/mol. The van der Waals surface area contributed by atoms with Crippen molar-refractivity contribution in [1.82, 2.24) is 19.9 Å². The monoisotopic (exact) mass is 626 g/mol. The SMILES string of the molecule is COCC(=O)NC(CC/C=C/C(N)=O)C(=O)Nc1cccn(Cc2nc3c(OCc4ccc(F)cc4F)cc(F)cc3[nH]2)c1=O. The molecule has 4 aromatic rings. The van der Waals surface area contributed by atoms with Gasteiger partial charge in [0.15, 0.2) is 5.75 Å². The molecule has 2 aromatic heterocycles. The third-order valence-corrected chi connectivity index (χ3v) is 6.39. The second-order valence-corrected chi connectivity index (χ2v) is 9.79. The Morgan fingerprint density at radius 2 is 1.93 bits per heavy atom. The number of methoxy groups -OCH3 is 1. The number of nitrogens with one attached hydrogen (secondary N) is 3. The zero-order chi connectivity index (χ0) is 32.5. The summed E-state index contributed by atoms with van der Waals surface area (Å²) < 4.78 is 53.3. The van der Waals surface area contributed by atoms with E-state index in [1.165, 1.54) is 48.2 Å². The van der Waals surface area contributed by atoms with Gasteiger partial charge in [-0.25, -0.2) is 18.2 Å². The number of ether oxygens (including phenoxy) is 2. The normalized spacial score (nSPS) is 11.9. The van der Waals surface area contributed by atoms with Gasteiger partial charge in [0.25, 0.3) is 5.56 Å². The first-order valence-electron chi connectivity index (χ1n) is 13.5. The molecule has 0 radical (unpaired) electrons. The Balaban J connectivity index is 1.51. The highest BCUT2D eigenvalue weighted by molar-refractivity contribution is 5.97. The number of nitrogens with zero attached hydrogens (tertiary/aromatic N) is 2. The number of hydrogen-bond donors (Lipinski definition) is 4. The fraction of sp³-hybridized carbons (Fsp3) is 0.233. The maximum absolute atomic E-state index is 14.3. The Hall–Kier alpha value is -5.44. The summed E-state index contributed by atoms with van der Waals surface area (Å²) in [5.41, 5.74) is 4.90. The lowest BCUT2D eigenvalue weighted by Crippen LogP contribution is -2.45. The van der Waals surface area contributed by atoms with Gasteiger partial charge in [-0.2, -0.15) is 0 Å². The Bertz CT molecular complexity index is 1800. The first-order chi connectivity index (χ1) is 21.5. The minimum atomic E-state index is -1.06. The molecule has 0 saturated carbocycles. The van der Waals surface area contributed by atoms with E-state index in [0.29, 0.717) is 6.07 Å². The maximum Gasteiger partial charge on any atom is 0.274 e. The number of fused-ring (bicyclic) bond motifs is 1. The number of primary amides is 1. The first kappa shape index (κ1) is 32.5. The Morgan fingerprint density at radius 1 is 1.13 bits per heavy atom. The number of amides is 3. The maximum atomic E-state index is 14.3. The van der Waals surface area contributed by atoms with Crippen LogP contribution in [-0.2, 0) is 32.3 Å². The van der Waals surface area contributed by atoms with Crippen molar-refractivity contribution in [2.45, 2.75) is 32.0 Å². The van der Waals surface area contributed by atoms with Crippen LogP contribution in [0.2, 0.25) is 0 Å². The highest BCUT2D eigenvalue weighted by Crippen LogP contribution is 2.27. The molecule has 236 valence electrons. The number of imidazole rings is 1. The summed E-state index contributed by atoms with van der Waals surface area (Å²) in [6.45, 7) is -0.727. The van der Waals surface area contributed by atoms with Crippen molar-refractivity contribution in [1.29, 1.82) is 0 Å². The third-order valence-electron chi connectivity index (χ3n) is 6.39. The summed E-state index contributed by atoms with van der Waals surface area (Å²) in [6.07, 6.45) is 4.36. The van der Waals surface area contributed by atoms with Crippen LogP contribution in [0.5, 0.6) is 5.75 Å². The largest absolute Gasteiger partial charge is 0.486 e. The van der Waals surface area contributed by atoms with Crippen molar-refractivity contribution in [3.63, 3.8) is 0 Å². The summed E-state index contributed by atoms with van der Waals surface area (Å²) in [4.78, 5) is 56.7. The van der Waals surface area contributed by atoms with Gasteiger partial charge in [-0.05, 0) is 49.2 Å². The number of H-pyrrole nitrogens is 1. The number of halogens is 3. The topological polar surface area (TPSA) is 170 Å². The summed E-state index contributed by atoms with van der Waals surface area (Å²) in [6, 6.07) is 7.08. The van der Waals surface area contributed by atoms with Gasteiger partial charge in [0.05, 0.1) is 12.1 Å². The van der Waals surface area contributed by atoms with Crippen LogP contribution in [0.25, 0.3) is 11.0 Å². The van der Waals surface area contributed by atoms with Gasteiger partial charge in [0, 0.05) is 31.0 Å². The fourth-order valence-corrected chi connectivity index (χ4v) is 4.32. The lowest BCUT2D eigenvalue weighted by atomic mass is 10.1. The lowest BCUT2D eigenvalue weighted by molar-refractivity contribution is -0.129. The number of benzene rings is 2. The number of hydrogen-bond acceptors (Lipinski definition) is 7. The molecule has 0 aliphatic heterocycles. The molecule has 1 atom stereocenters. The molecular formula is C30H29F3N6O6. The van der Waals surface area contributed by atoms with Gasteiger partial charge in [0.2, 0.25) is 17.7 Å². The van der Waals surface area contributed by atoms with Crippen molar-refractivity contribution in [2.24, 2.45) is 5.73 Å². The molecule has 1 unspecified atom stereocenters. The second kappa shape index (κ2) is 14.8. The Kier molecular flexibility index (Phi) is 10.7.